The molecule has 0 aromatic heterocycles. The summed E-state index contributed by atoms with van der Waals surface area (Å²) in [5, 5.41) is 6.30. The van der Waals surface area contributed by atoms with Crippen LogP contribution in [0.25, 0.3) is 0 Å². The first-order valence-electron chi connectivity index (χ1n) is 10.6. The predicted octanol–water partition coefficient (Wildman–Crippen LogP) is 2.68. The molecule has 0 bridgehead atoms. The molecule has 2 heterocycles. The van der Waals surface area contributed by atoms with Gasteiger partial charge in [0.2, 0.25) is 5.91 Å². The van der Waals surface area contributed by atoms with Gasteiger partial charge in [0.05, 0.1) is 6.04 Å². The Hall–Kier alpha value is -1.79. The van der Waals surface area contributed by atoms with Gasteiger partial charge in [-0.1, -0.05) is 19.1 Å². The van der Waals surface area contributed by atoms with Gasteiger partial charge in [-0.25, -0.2) is 0 Å². The van der Waals surface area contributed by atoms with Gasteiger partial charge < -0.3 is 20.3 Å². The fourth-order valence-corrected chi connectivity index (χ4v) is 4.07. The van der Waals surface area contributed by atoms with Gasteiger partial charge >= 0.3 is 0 Å². The van der Waals surface area contributed by atoms with Crippen LogP contribution in [0.5, 0.6) is 5.75 Å². The summed E-state index contributed by atoms with van der Waals surface area (Å²) in [6, 6.07) is 7.77. The van der Waals surface area contributed by atoms with E-state index in [0.717, 1.165) is 50.1 Å². The summed E-state index contributed by atoms with van der Waals surface area (Å²) in [6.07, 6.45) is 4.15. The van der Waals surface area contributed by atoms with Crippen LogP contribution in [0.3, 0.4) is 0 Å². The summed E-state index contributed by atoms with van der Waals surface area (Å²) in [4.78, 5) is 27.1. The predicted molar refractivity (Wildman–Crippen MR) is 116 cm³/mol. The molecule has 3 atom stereocenters. The number of rotatable bonds is 7. The Morgan fingerprint density at radius 1 is 1.31 bits per heavy atom. The Kier molecular flexibility index (Phi) is 9.24. The molecule has 2 aliphatic rings. The summed E-state index contributed by atoms with van der Waals surface area (Å²) in [7, 11) is 0. The molecular formula is C22H34ClN3O3. The molecule has 2 fully saturated rings. The molecule has 6 nitrogen and oxygen atoms in total. The van der Waals surface area contributed by atoms with E-state index in [4.69, 9.17) is 4.74 Å². The molecule has 2 saturated heterocycles. The minimum atomic E-state index is -0.460. The average Bonchev–Trinajstić information content (AvgIpc) is 3.25. The van der Waals surface area contributed by atoms with Crippen LogP contribution in [-0.2, 0) is 9.59 Å². The van der Waals surface area contributed by atoms with Crippen LogP contribution in [0.15, 0.2) is 24.3 Å². The molecule has 0 saturated carbocycles. The van der Waals surface area contributed by atoms with Crippen molar-refractivity contribution in [2.45, 2.75) is 58.1 Å². The van der Waals surface area contributed by atoms with E-state index >= 15 is 0 Å². The zero-order valence-corrected chi connectivity index (χ0v) is 18.3. The lowest BCUT2D eigenvalue weighted by Gasteiger charge is -2.35. The second-order valence-electron chi connectivity index (χ2n) is 8.02. The highest BCUT2D eigenvalue weighted by atomic mass is 35.5. The van der Waals surface area contributed by atoms with Crippen LogP contribution in [0, 0.1) is 12.8 Å². The van der Waals surface area contributed by atoms with Gasteiger partial charge in [-0.2, -0.15) is 0 Å². The molecule has 2 amide bonds. The lowest BCUT2D eigenvalue weighted by atomic mass is 9.97. The minimum Gasteiger partial charge on any atom is -0.481 e. The fourth-order valence-electron chi connectivity index (χ4n) is 4.07. The first kappa shape index (κ1) is 23.5. The van der Waals surface area contributed by atoms with Gasteiger partial charge in [-0.3, -0.25) is 9.59 Å². The number of amides is 2. The van der Waals surface area contributed by atoms with E-state index in [2.05, 4.69) is 10.6 Å². The van der Waals surface area contributed by atoms with Crippen molar-refractivity contribution in [3.8, 4) is 5.75 Å². The second-order valence-corrected chi connectivity index (χ2v) is 8.02. The molecule has 0 aliphatic carbocycles. The Labute approximate surface area is 180 Å². The Morgan fingerprint density at radius 3 is 2.83 bits per heavy atom. The van der Waals surface area contributed by atoms with Crippen LogP contribution in [0.4, 0.5) is 0 Å². The van der Waals surface area contributed by atoms with Crippen molar-refractivity contribution in [1.29, 1.82) is 0 Å². The number of carbonyl (C=O) groups is 2. The second kappa shape index (κ2) is 11.4. The number of carbonyl (C=O) groups excluding carboxylic acids is 2. The number of benzene rings is 1. The van der Waals surface area contributed by atoms with E-state index in [0.29, 0.717) is 25.4 Å². The third-order valence-electron chi connectivity index (χ3n) is 5.69. The van der Waals surface area contributed by atoms with E-state index in [-0.39, 0.29) is 30.3 Å². The maximum Gasteiger partial charge on any atom is 0.263 e. The summed E-state index contributed by atoms with van der Waals surface area (Å²) >= 11 is 0. The molecule has 1 aromatic rings. The third kappa shape index (κ3) is 6.61. The zero-order chi connectivity index (χ0) is 19.9. The van der Waals surface area contributed by atoms with Crippen LogP contribution < -0.4 is 15.4 Å². The summed E-state index contributed by atoms with van der Waals surface area (Å²) in [5.41, 5.74) is 1.12. The molecular weight excluding hydrogens is 390 g/mol. The van der Waals surface area contributed by atoms with Gasteiger partial charge in [0.1, 0.15) is 5.75 Å². The minimum absolute atomic E-state index is 0. The van der Waals surface area contributed by atoms with Gasteiger partial charge in [0.15, 0.2) is 6.10 Å². The highest BCUT2D eigenvalue weighted by molar-refractivity contribution is 5.85. The van der Waals surface area contributed by atoms with E-state index in [1.165, 1.54) is 0 Å². The Morgan fingerprint density at radius 2 is 2.14 bits per heavy atom. The quantitative estimate of drug-likeness (QED) is 0.707. The van der Waals surface area contributed by atoms with Gasteiger partial charge in [-0.15, -0.1) is 12.4 Å². The van der Waals surface area contributed by atoms with Gasteiger partial charge in [-0.05, 0) is 69.2 Å². The molecule has 162 valence electrons. The molecule has 3 unspecified atom stereocenters. The summed E-state index contributed by atoms with van der Waals surface area (Å²) < 4.78 is 5.99. The Bertz CT molecular complexity index is 679. The SMILES string of the molecule is CCC(Oc1cccc(C)c1)C(=O)N1CCCC(CNC(=O)C2CCCN2)C1.Cl. The van der Waals surface area contributed by atoms with Gasteiger partial charge in [0, 0.05) is 19.6 Å². The van der Waals surface area contributed by atoms with E-state index in [9.17, 15) is 9.59 Å². The summed E-state index contributed by atoms with van der Waals surface area (Å²) in [5.74, 6) is 1.19. The first-order valence-corrected chi connectivity index (χ1v) is 10.6. The molecule has 0 radical (unpaired) electrons. The number of nitrogens with one attached hydrogen (secondary N) is 2. The van der Waals surface area contributed by atoms with E-state index in [1.54, 1.807) is 0 Å². The van der Waals surface area contributed by atoms with E-state index in [1.807, 2.05) is 43.0 Å². The number of likely N-dealkylation sites (tertiary alicyclic amines) is 1. The molecule has 1 aromatic carbocycles. The zero-order valence-electron chi connectivity index (χ0n) is 17.5. The maximum atomic E-state index is 13.0. The van der Waals surface area contributed by atoms with Crippen LogP contribution in [-0.4, -0.2) is 55.0 Å². The molecule has 0 spiro atoms. The maximum absolute atomic E-state index is 13.0. The van der Waals surface area contributed by atoms with Crippen LogP contribution in [0.2, 0.25) is 0 Å². The first-order chi connectivity index (χ1) is 13.6. The number of halogens is 1. The number of hydrogen-bond acceptors (Lipinski definition) is 4. The number of piperidine rings is 1. The van der Waals surface area contributed by atoms with E-state index < -0.39 is 6.10 Å². The van der Waals surface area contributed by atoms with Crippen molar-refractivity contribution < 1.29 is 14.3 Å². The highest BCUT2D eigenvalue weighted by Gasteiger charge is 2.30. The monoisotopic (exact) mass is 423 g/mol. The number of ether oxygens (including phenoxy) is 1. The summed E-state index contributed by atoms with van der Waals surface area (Å²) in [6.45, 7) is 7.00. The molecule has 2 aliphatic heterocycles. The lowest BCUT2D eigenvalue weighted by Crippen LogP contribution is -2.49. The van der Waals surface area contributed by atoms with Gasteiger partial charge in [0.25, 0.3) is 5.91 Å². The van der Waals surface area contributed by atoms with Crippen molar-refractivity contribution in [2.24, 2.45) is 5.92 Å². The normalized spacial score (nSPS) is 22.5. The fraction of sp³-hybridized carbons (Fsp3) is 0.636. The number of aryl methyl sites for hydroxylation is 1. The van der Waals surface area contributed by atoms with Crippen molar-refractivity contribution in [2.75, 3.05) is 26.2 Å². The third-order valence-corrected chi connectivity index (χ3v) is 5.69. The van der Waals surface area contributed by atoms with Crippen LogP contribution >= 0.6 is 12.4 Å². The average molecular weight is 424 g/mol. The number of hydrogen-bond donors (Lipinski definition) is 2. The number of nitrogens with zero attached hydrogens (tertiary/aromatic N) is 1. The standard InChI is InChI=1S/C22H33N3O3.ClH/c1-3-20(28-18-9-4-7-16(2)13-18)22(27)25-12-6-8-17(15-25)14-24-21(26)19-10-5-11-23-19;/h4,7,9,13,17,19-20,23H,3,5-6,8,10-12,14-15H2,1-2H3,(H,24,26);1H. The van der Waals surface area contributed by atoms with Crippen molar-refractivity contribution in [3.63, 3.8) is 0 Å². The van der Waals surface area contributed by atoms with Crippen molar-refractivity contribution in [1.82, 2.24) is 15.5 Å². The molecule has 3 rings (SSSR count). The largest absolute Gasteiger partial charge is 0.481 e. The topological polar surface area (TPSA) is 70.7 Å². The molecule has 7 heteroatoms. The lowest BCUT2D eigenvalue weighted by molar-refractivity contribution is -0.140. The Balaban J connectivity index is 0.00000300. The smallest absolute Gasteiger partial charge is 0.263 e. The molecule has 2 N–H and O–H groups in total. The van der Waals surface area contributed by atoms with Crippen molar-refractivity contribution >= 4 is 24.2 Å². The molecule has 29 heavy (non-hydrogen) atoms. The van der Waals surface area contributed by atoms with Crippen LogP contribution in [0.1, 0.15) is 44.6 Å². The van der Waals surface area contributed by atoms with Crippen molar-refractivity contribution in [3.05, 3.63) is 29.8 Å². The highest BCUT2D eigenvalue weighted by Crippen LogP contribution is 2.20.